The molecular weight excluding hydrogens is 325 g/mol. The van der Waals surface area contributed by atoms with Crippen LogP contribution in [0.25, 0.3) is 0 Å². The minimum absolute atomic E-state index is 0.0365. The van der Waals surface area contributed by atoms with E-state index < -0.39 is 31.8 Å². The zero-order valence-electron chi connectivity index (χ0n) is 14.7. The molecule has 130 valence electrons. The number of hydrogen-bond donors (Lipinski definition) is 2. The lowest BCUT2D eigenvalue weighted by molar-refractivity contribution is -0.139. The fourth-order valence-electron chi connectivity index (χ4n) is 1.60. The number of benzene rings is 1. The normalized spacial score (nSPS) is 12.8. The quantitative estimate of drug-likeness (QED) is 0.646. The summed E-state index contributed by atoms with van der Waals surface area (Å²) in [6, 6.07) is 3.83. The number of aliphatic carboxylic acids is 1. The highest BCUT2D eigenvalue weighted by Crippen LogP contribution is 2.35. The molecular formula is C18H24FNO3Si. The van der Waals surface area contributed by atoms with Crippen molar-refractivity contribution in [1.82, 2.24) is 5.32 Å². The summed E-state index contributed by atoms with van der Waals surface area (Å²) in [6.45, 7) is 10.6. The van der Waals surface area contributed by atoms with Crippen LogP contribution in [-0.2, 0) is 4.79 Å². The molecule has 6 heteroatoms. The minimum atomic E-state index is -1.83. The standard InChI is InChI=1S/C18H24FNO3Si/c1-18(2,3)24(4,5)12-6-7-15(17(22)23)20-16(21)13-8-10-14(19)11-9-13/h8-11,15H,7H2,1-5H3,(H,20,21)(H,22,23)/t15-/m1/s1. The van der Waals surface area contributed by atoms with E-state index in [1.54, 1.807) is 0 Å². The SMILES string of the molecule is CC(C)(C)[Si](C)(C)C#CC[C@@H](NC(=O)c1ccc(F)cc1)C(=O)O. The Balaban J connectivity index is 2.81. The van der Waals surface area contributed by atoms with Crippen molar-refractivity contribution in [3.63, 3.8) is 0 Å². The van der Waals surface area contributed by atoms with E-state index in [4.69, 9.17) is 0 Å². The van der Waals surface area contributed by atoms with Crippen molar-refractivity contribution in [3.05, 3.63) is 35.6 Å². The third-order valence-corrected chi connectivity index (χ3v) is 8.84. The molecule has 0 aliphatic heterocycles. The third-order valence-electron chi connectivity index (χ3n) is 4.29. The topological polar surface area (TPSA) is 66.4 Å². The Morgan fingerprint density at radius 1 is 1.25 bits per heavy atom. The minimum Gasteiger partial charge on any atom is -0.480 e. The number of carboxylic acids is 1. The van der Waals surface area contributed by atoms with Crippen LogP contribution in [0.15, 0.2) is 24.3 Å². The summed E-state index contributed by atoms with van der Waals surface area (Å²) in [7, 11) is -1.83. The summed E-state index contributed by atoms with van der Waals surface area (Å²) < 4.78 is 12.9. The number of carboxylic acid groups (broad SMARTS) is 1. The van der Waals surface area contributed by atoms with E-state index in [2.05, 4.69) is 50.6 Å². The molecule has 0 aromatic heterocycles. The lowest BCUT2D eigenvalue weighted by Crippen LogP contribution is -2.41. The molecule has 0 saturated heterocycles. The molecule has 0 unspecified atom stereocenters. The van der Waals surface area contributed by atoms with E-state index in [0.717, 1.165) is 12.1 Å². The van der Waals surface area contributed by atoms with Gasteiger partial charge in [0.15, 0.2) is 0 Å². The molecule has 1 aromatic rings. The number of amides is 1. The summed E-state index contributed by atoms with van der Waals surface area (Å²) in [5, 5.41) is 11.8. The van der Waals surface area contributed by atoms with Crippen LogP contribution in [0.1, 0.15) is 37.6 Å². The smallest absolute Gasteiger partial charge is 0.327 e. The van der Waals surface area contributed by atoms with Gasteiger partial charge in [0.1, 0.15) is 19.9 Å². The van der Waals surface area contributed by atoms with Crippen LogP contribution >= 0.6 is 0 Å². The van der Waals surface area contributed by atoms with Gasteiger partial charge in [-0.25, -0.2) is 9.18 Å². The van der Waals surface area contributed by atoms with Crippen molar-refractivity contribution in [2.24, 2.45) is 0 Å². The van der Waals surface area contributed by atoms with E-state index in [1.165, 1.54) is 12.1 Å². The van der Waals surface area contributed by atoms with Crippen LogP contribution in [0.4, 0.5) is 4.39 Å². The number of hydrogen-bond acceptors (Lipinski definition) is 2. The highest BCUT2D eigenvalue weighted by Gasteiger charge is 2.33. The summed E-state index contributed by atoms with van der Waals surface area (Å²) in [5.74, 6) is 0.777. The van der Waals surface area contributed by atoms with Crippen LogP contribution < -0.4 is 5.32 Å². The Bertz CT molecular complexity index is 666. The second kappa shape index (κ2) is 7.62. The van der Waals surface area contributed by atoms with Crippen LogP contribution in [-0.4, -0.2) is 31.1 Å². The number of rotatable bonds is 4. The first kappa shape index (κ1) is 19.9. The van der Waals surface area contributed by atoms with Gasteiger partial charge in [0, 0.05) is 12.0 Å². The zero-order valence-corrected chi connectivity index (χ0v) is 15.7. The molecule has 0 saturated carbocycles. The number of carbonyl (C=O) groups excluding carboxylic acids is 1. The predicted octanol–water partition coefficient (Wildman–Crippen LogP) is 3.45. The van der Waals surface area contributed by atoms with Crippen molar-refractivity contribution < 1.29 is 19.1 Å². The maximum Gasteiger partial charge on any atom is 0.327 e. The first-order valence-corrected chi connectivity index (χ1v) is 10.7. The first-order valence-electron chi connectivity index (χ1n) is 7.73. The maximum absolute atomic E-state index is 12.9. The Hall–Kier alpha value is -2.13. The van der Waals surface area contributed by atoms with Gasteiger partial charge in [-0.05, 0) is 29.3 Å². The van der Waals surface area contributed by atoms with Crippen molar-refractivity contribution >= 4 is 20.0 Å². The second-order valence-electron chi connectivity index (χ2n) is 7.25. The molecule has 0 heterocycles. The number of nitrogens with one attached hydrogen (secondary N) is 1. The number of carbonyl (C=O) groups is 2. The predicted molar refractivity (Wildman–Crippen MR) is 94.9 cm³/mol. The van der Waals surface area contributed by atoms with Crippen LogP contribution in [0, 0.1) is 17.3 Å². The highest BCUT2D eigenvalue weighted by molar-refractivity contribution is 6.87. The first-order chi connectivity index (χ1) is 10.9. The van der Waals surface area contributed by atoms with Gasteiger partial charge < -0.3 is 10.4 Å². The molecule has 24 heavy (non-hydrogen) atoms. The van der Waals surface area contributed by atoms with E-state index in [0.29, 0.717) is 0 Å². The van der Waals surface area contributed by atoms with Crippen LogP contribution in [0.5, 0.6) is 0 Å². The highest BCUT2D eigenvalue weighted by atomic mass is 28.3. The van der Waals surface area contributed by atoms with Crippen LogP contribution in [0.2, 0.25) is 18.1 Å². The zero-order chi connectivity index (χ0) is 18.5. The molecule has 1 aromatic carbocycles. The van der Waals surface area contributed by atoms with E-state index in [-0.39, 0.29) is 17.0 Å². The fourth-order valence-corrected chi connectivity index (χ4v) is 2.52. The van der Waals surface area contributed by atoms with E-state index in [1.807, 2.05) is 0 Å². The largest absolute Gasteiger partial charge is 0.480 e. The summed E-state index contributed by atoms with van der Waals surface area (Å²) in [4.78, 5) is 23.4. The van der Waals surface area contributed by atoms with E-state index >= 15 is 0 Å². The average molecular weight is 349 g/mol. The van der Waals surface area contributed by atoms with Gasteiger partial charge in [0.05, 0.1) is 0 Å². The Morgan fingerprint density at radius 3 is 2.25 bits per heavy atom. The van der Waals surface area contributed by atoms with Gasteiger partial charge in [-0.1, -0.05) is 33.9 Å². The van der Waals surface area contributed by atoms with Gasteiger partial charge in [-0.15, -0.1) is 11.5 Å². The van der Waals surface area contributed by atoms with Gasteiger partial charge >= 0.3 is 5.97 Å². The Labute approximate surface area is 143 Å². The third kappa shape index (κ3) is 5.50. The van der Waals surface area contributed by atoms with Crippen LogP contribution in [0.3, 0.4) is 0 Å². The summed E-state index contributed by atoms with van der Waals surface area (Å²) in [5.41, 5.74) is 3.44. The molecule has 1 amide bonds. The van der Waals surface area contributed by atoms with Crippen molar-refractivity contribution in [2.45, 2.75) is 51.4 Å². The van der Waals surface area contributed by atoms with Crippen molar-refractivity contribution in [1.29, 1.82) is 0 Å². The maximum atomic E-state index is 12.9. The van der Waals surface area contributed by atoms with Gasteiger partial charge in [-0.3, -0.25) is 4.79 Å². The van der Waals surface area contributed by atoms with Gasteiger partial charge in [-0.2, -0.15) is 0 Å². The lowest BCUT2D eigenvalue weighted by Gasteiger charge is -2.31. The van der Waals surface area contributed by atoms with Crippen molar-refractivity contribution in [3.8, 4) is 11.5 Å². The molecule has 0 spiro atoms. The Kier molecular flexibility index (Phi) is 6.33. The summed E-state index contributed by atoms with van der Waals surface area (Å²) >= 11 is 0. The summed E-state index contributed by atoms with van der Waals surface area (Å²) in [6.07, 6.45) is 0.0365. The van der Waals surface area contributed by atoms with Crippen molar-refractivity contribution in [2.75, 3.05) is 0 Å². The molecule has 0 bridgehead atoms. The molecule has 1 atom stereocenters. The monoisotopic (exact) mass is 349 g/mol. The second-order valence-corrected chi connectivity index (χ2v) is 12.3. The molecule has 1 rings (SSSR count). The molecule has 0 radical (unpaired) electrons. The van der Waals surface area contributed by atoms with Gasteiger partial charge in [0.2, 0.25) is 0 Å². The lowest BCUT2D eigenvalue weighted by atomic mass is 10.1. The molecule has 4 nitrogen and oxygen atoms in total. The molecule has 0 aliphatic rings. The van der Waals surface area contributed by atoms with Gasteiger partial charge in [0.25, 0.3) is 5.91 Å². The van der Waals surface area contributed by atoms with E-state index in [9.17, 15) is 19.1 Å². The average Bonchev–Trinajstić information content (AvgIpc) is 2.45. The molecule has 0 aliphatic carbocycles. The molecule has 0 fully saturated rings. The Morgan fingerprint density at radius 2 is 1.79 bits per heavy atom. The fraction of sp³-hybridized carbons (Fsp3) is 0.444. The molecule has 2 N–H and O–H groups in total. The number of halogens is 1.